The number of nitrogens with zero attached hydrogens (tertiary/aromatic N) is 2. The quantitative estimate of drug-likeness (QED) is 0.733. The van der Waals surface area contributed by atoms with Gasteiger partial charge in [0.2, 0.25) is 0 Å². The maximum atomic E-state index is 5.76. The van der Waals surface area contributed by atoms with Gasteiger partial charge in [0.15, 0.2) is 0 Å². The van der Waals surface area contributed by atoms with E-state index >= 15 is 0 Å². The summed E-state index contributed by atoms with van der Waals surface area (Å²) in [4.78, 5) is 4.85. The minimum Gasteiger partial charge on any atom is -0.326 e. The molecule has 1 aromatic carbocycles. The summed E-state index contributed by atoms with van der Waals surface area (Å²) in [5.41, 5.74) is 13.1. The number of nitrogens with two attached hydrogens (primary N) is 1. The van der Waals surface area contributed by atoms with E-state index in [1.54, 1.807) is 0 Å². The smallest absolute Gasteiger partial charge is 0.137 e. The summed E-state index contributed by atoms with van der Waals surface area (Å²) >= 11 is 0. The van der Waals surface area contributed by atoms with Gasteiger partial charge in [-0.25, -0.2) is 4.98 Å². The van der Waals surface area contributed by atoms with Gasteiger partial charge in [-0.1, -0.05) is 30.3 Å². The van der Waals surface area contributed by atoms with Crippen molar-refractivity contribution in [3.63, 3.8) is 0 Å². The molecule has 2 heterocycles. The molecule has 0 radical (unpaired) electrons. The molecule has 4 rings (SSSR count). The average Bonchev–Trinajstić information content (AvgIpc) is 2.75. The molecular weight excluding hydrogens is 246 g/mol. The number of imidazole rings is 1. The number of hydrogen-bond donors (Lipinski definition) is 1. The first kappa shape index (κ1) is 11.7. The zero-order valence-electron chi connectivity index (χ0n) is 11.3. The molecule has 20 heavy (non-hydrogen) atoms. The van der Waals surface area contributed by atoms with Gasteiger partial charge in [-0.2, -0.15) is 0 Å². The number of aryl methyl sites for hydroxylation is 2. The Morgan fingerprint density at radius 3 is 2.90 bits per heavy atom. The van der Waals surface area contributed by atoms with Crippen LogP contribution in [-0.2, 0) is 19.4 Å². The molecular formula is C17H17N3. The van der Waals surface area contributed by atoms with Crippen molar-refractivity contribution in [2.45, 2.75) is 25.8 Å². The van der Waals surface area contributed by atoms with Crippen LogP contribution in [0.3, 0.4) is 0 Å². The molecule has 0 bridgehead atoms. The third-order valence-corrected chi connectivity index (χ3v) is 4.15. The van der Waals surface area contributed by atoms with Crippen LogP contribution < -0.4 is 5.73 Å². The van der Waals surface area contributed by atoms with E-state index in [1.807, 2.05) is 0 Å². The lowest BCUT2D eigenvalue weighted by molar-refractivity contribution is 0.803. The lowest BCUT2D eigenvalue weighted by Crippen LogP contribution is -2.00. The molecule has 0 aliphatic heterocycles. The summed E-state index contributed by atoms with van der Waals surface area (Å²) in [6.45, 7) is 0.569. The summed E-state index contributed by atoms with van der Waals surface area (Å²) in [6.07, 6.45) is 5.50. The van der Waals surface area contributed by atoms with Crippen molar-refractivity contribution in [1.82, 2.24) is 9.38 Å². The number of rotatable bonds is 1. The fourth-order valence-corrected chi connectivity index (χ4v) is 3.13. The molecule has 0 unspecified atom stereocenters. The van der Waals surface area contributed by atoms with Gasteiger partial charge in [0, 0.05) is 18.3 Å². The van der Waals surface area contributed by atoms with Crippen LogP contribution in [0.2, 0.25) is 0 Å². The van der Waals surface area contributed by atoms with Crippen LogP contribution >= 0.6 is 0 Å². The van der Waals surface area contributed by atoms with E-state index in [9.17, 15) is 0 Å². The summed E-state index contributed by atoms with van der Waals surface area (Å²) < 4.78 is 2.22. The summed E-state index contributed by atoms with van der Waals surface area (Å²) in [7, 11) is 0. The largest absolute Gasteiger partial charge is 0.326 e. The Morgan fingerprint density at radius 1 is 1.10 bits per heavy atom. The molecule has 100 valence electrons. The van der Waals surface area contributed by atoms with Crippen LogP contribution in [0.4, 0.5) is 0 Å². The van der Waals surface area contributed by atoms with Crippen molar-refractivity contribution >= 4 is 5.65 Å². The number of fused-ring (bicyclic) bond motifs is 5. The average molecular weight is 263 g/mol. The van der Waals surface area contributed by atoms with Crippen LogP contribution in [-0.4, -0.2) is 9.38 Å². The normalized spacial score (nSPS) is 13.8. The predicted octanol–water partition coefficient (Wildman–Crippen LogP) is 2.95. The Hall–Kier alpha value is -2.13. The number of aromatic nitrogens is 2. The van der Waals surface area contributed by atoms with E-state index in [2.05, 4.69) is 47.0 Å². The first-order chi connectivity index (χ1) is 9.86. The molecule has 3 nitrogen and oxygen atoms in total. The first-order valence-corrected chi connectivity index (χ1v) is 7.15. The van der Waals surface area contributed by atoms with E-state index in [1.165, 1.54) is 23.2 Å². The summed E-state index contributed by atoms with van der Waals surface area (Å²) in [6, 6.07) is 12.8. The highest BCUT2D eigenvalue weighted by Gasteiger charge is 2.19. The Bertz CT molecular complexity index is 786. The second-order valence-electron chi connectivity index (χ2n) is 5.39. The van der Waals surface area contributed by atoms with Crippen molar-refractivity contribution in [3.8, 4) is 11.3 Å². The number of hydrogen-bond acceptors (Lipinski definition) is 2. The molecule has 1 aliphatic carbocycles. The van der Waals surface area contributed by atoms with Crippen molar-refractivity contribution < 1.29 is 0 Å². The Morgan fingerprint density at radius 2 is 2.00 bits per heavy atom. The van der Waals surface area contributed by atoms with Crippen LogP contribution in [0.1, 0.15) is 23.2 Å². The Balaban J connectivity index is 2.03. The molecule has 2 N–H and O–H groups in total. The SMILES string of the molecule is NCc1ccc2nc3c(n2c1)CCCc1ccccc1-3. The molecule has 3 heteroatoms. The maximum Gasteiger partial charge on any atom is 0.137 e. The van der Waals surface area contributed by atoms with Crippen LogP contribution in [0.5, 0.6) is 0 Å². The fourth-order valence-electron chi connectivity index (χ4n) is 3.13. The van der Waals surface area contributed by atoms with E-state index in [0.717, 1.165) is 29.7 Å². The highest BCUT2D eigenvalue weighted by Crippen LogP contribution is 2.32. The maximum absolute atomic E-state index is 5.76. The van der Waals surface area contributed by atoms with E-state index < -0.39 is 0 Å². The van der Waals surface area contributed by atoms with Gasteiger partial charge < -0.3 is 10.1 Å². The van der Waals surface area contributed by atoms with Gasteiger partial charge in [-0.15, -0.1) is 0 Å². The first-order valence-electron chi connectivity index (χ1n) is 7.15. The fraction of sp³-hybridized carbons (Fsp3) is 0.235. The van der Waals surface area contributed by atoms with Gasteiger partial charge in [-0.3, -0.25) is 0 Å². The van der Waals surface area contributed by atoms with Crippen molar-refractivity contribution in [3.05, 3.63) is 59.4 Å². The van der Waals surface area contributed by atoms with Crippen LogP contribution in [0.15, 0.2) is 42.6 Å². The van der Waals surface area contributed by atoms with E-state index in [4.69, 9.17) is 10.7 Å². The van der Waals surface area contributed by atoms with Crippen molar-refractivity contribution in [1.29, 1.82) is 0 Å². The van der Waals surface area contributed by atoms with E-state index in [0.29, 0.717) is 6.54 Å². The van der Waals surface area contributed by atoms with Crippen molar-refractivity contribution in [2.24, 2.45) is 5.73 Å². The van der Waals surface area contributed by atoms with Gasteiger partial charge in [0.1, 0.15) is 5.65 Å². The topological polar surface area (TPSA) is 43.3 Å². The minimum absolute atomic E-state index is 0.569. The minimum atomic E-state index is 0.569. The summed E-state index contributed by atoms with van der Waals surface area (Å²) in [5.74, 6) is 0. The number of benzene rings is 1. The van der Waals surface area contributed by atoms with Gasteiger partial charge in [-0.05, 0) is 36.5 Å². The predicted molar refractivity (Wildman–Crippen MR) is 80.5 cm³/mol. The molecule has 0 atom stereocenters. The third kappa shape index (κ3) is 1.67. The Kier molecular flexibility index (Phi) is 2.60. The van der Waals surface area contributed by atoms with Crippen LogP contribution in [0.25, 0.3) is 16.9 Å². The second kappa shape index (κ2) is 4.46. The van der Waals surface area contributed by atoms with E-state index in [-0.39, 0.29) is 0 Å². The highest BCUT2D eigenvalue weighted by molar-refractivity contribution is 5.70. The second-order valence-corrected chi connectivity index (χ2v) is 5.39. The molecule has 1 aliphatic rings. The molecule has 0 fully saturated rings. The van der Waals surface area contributed by atoms with Gasteiger partial charge in [0.25, 0.3) is 0 Å². The molecule has 2 aromatic heterocycles. The zero-order chi connectivity index (χ0) is 13.5. The third-order valence-electron chi connectivity index (χ3n) is 4.15. The molecule has 0 spiro atoms. The molecule has 3 aromatic rings. The standard InChI is InChI=1S/C17H17N3/c18-10-12-8-9-16-19-17-14-6-2-1-4-13(14)5-3-7-15(17)20(16)11-12/h1-2,4,6,8-9,11H,3,5,7,10,18H2. The molecule has 0 saturated heterocycles. The Labute approximate surface area is 118 Å². The van der Waals surface area contributed by atoms with Crippen molar-refractivity contribution in [2.75, 3.05) is 0 Å². The monoisotopic (exact) mass is 263 g/mol. The lowest BCUT2D eigenvalue weighted by Gasteiger charge is -2.03. The zero-order valence-corrected chi connectivity index (χ0v) is 11.3. The molecule has 0 saturated carbocycles. The highest BCUT2D eigenvalue weighted by atomic mass is 15.0. The van der Waals surface area contributed by atoms with Gasteiger partial charge >= 0.3 is 0 Å². The lowest BCUT2D eigenvalue weighted by atomic mass is 10.0. The number of pyridine rings is 1. The van der Waals surface area contributed by atoms with Gasteiger partial charge in [0.05, 0.1) is 11.4 Å². The van der Waals surface area contributed by atoms with Crippen LogP contribution in [0, 0.1) is 0 Å². The summed E-state index contributed by atoms with van der Waals surface area (Å²) in [5, 5.41) is 0. The molecule has 0 amide bonds.